The van der Waals surface area contributed by atoms with Gasteiger partial charge in [-0.2, -0.15) is 13.2 Å². The Balaban J connectivity index is 1.62. The molecular formula is C31H29F3N4O2. The molecule has 40 heavy (non-hydrogen) atoms. The monoisotopic (exact) mass is 546 g/mol. The van der Waals surface area contributed by atoms with Gasteiger partial charge in [0.05, 0.1) is 29.2 Å². The van der Waals surface area contributed by atoms with Crippen molar-refractivity contribution in [1.29, 1.82) is 0 Å². The van der Waals surface area contributed by atoms with E-state index in [4.69, 9.17) is 0 Å². The molecule has 2 aromatic carbocycles. The van der Waals surface area contributed by atoms with Crippen LogP contribution in [0.15, 0.2) is 61.1 Å². The first-order chi connectivity index (χ1) is 19.2. The average molecular weight is 547 g/mol. The van der Waals surface area contributed by atoms with Gasteiger partial charge in [-0.25, -0.2) is 4.98 Å². The second-order valence-corrected chi connectivity index (χ2v) is 10.2. The fourth-order valence-corrected chi connectivity index (χ4v) is 4.72. The molecule has 2 aromatic heterocycles. The number of ketones is 1. The van der Waals surface area contributed by atoms with E-state index >= 15 is 0 Å². The van der Waals surface area contributed by atoms with Gasteiger partial charge in [0.25, 0.3) is 5.91 Å². The molecule has 5 rings (SSSR count). The molecule has 1 aliphatic carbocycles. The Hall–Kier alpha value is -4.14. The van der Waals surface area contributed by atoms with E-state index in [1.165, 1.54) is 24.7 Å². The Morgan fingerprint density at radius 1 is 1.00 bits per heavy atom. The second-order valence-electron chi connectivity index (χ2n) is 10.2. The molecule has 0 aliphatic heterocycles. The van der Waals surface area contributed by atoms with Crippen LogP contribution in [0.5, 0.6) is 0 Å². The minimum Gasteiger partial charge on any atom is -0.351 e. The molecule has 0 spiro atoms. The molecule has 0 radical (unpaired) electrons. The molecule has 206 valence electrons. The number of carbonyl (C=O) groups is 2. The predicted octanol–water partition coefficient (Wildman–Crippen LogP) is 6.81. The Morgan fingerprint density at radius 3 is 2.42 bits per heavy atom. The number of unbranched alkanes of at least 4 members (excludes halogenated alkanes) is 1. The molecule has 0 unspecified atom stereocenters. The molecule has 9 heteroatoms. The van der Waals surface area contributed by atoms with Gasteiger partial charge in [0, 0.05) is 35.7 Å². The fraction of sp³-hybridized carbons (Fsp3) is 0.323. The van der Waals surface area contributed by atoms with Gasteiger partial charge in [0.15, 0.2) is 5.78 Å². The molecule has 1 fully saturated rings. The third kappa shape index (κ3) is 6.19. The molecule has 4 aromatic rings. The summed E-state index contributed by atoms with van der Waals surface area (Å²) in [5, 5.41) is 3.18. The molecule has 0 saturated heterocycles. The maximum Gasteiger partial charge on any atom is 0.417 e. The third-order valence-corrected chi connectivity index (χ3v) is 7.10. The van der Waals surface area contributed by atoms with Crippen molar-refractivity contribution in [2.45, 2.75) is 51.6 Å². The zero-order valence-electron chi connectivity index (χ0n) is 22.1. The van der Waals surface area contributed by atoms with Crippen molar-refractivity contribution in [1.82, 2.24) is 20.3 Å². The zero-order valence-corrected chi connectivity index (χ0v) is 22.1. The van der Waals surface area contributed by atoms with Crippen molar-refractivity contribution in [3.05, 3.63) is 89.0 Å². The summed E-state index contributed by atoms with van der Waals surface area (Å²) in [6.07, 6.45) is 3.55. The highest BCUT2D eigenvalue weighted by molar-refractivity contribution is 6.02. The summed E-state index contributed by atoms with van der Waals surface area (Å²) in [6, 6.07) is 11.9. The van der Waals surface area contributed by atoms with Crippen LogP contribution in [0.2, 0.25) is 0 Å². The summed E-state index contributed by atoms with van der Waals surface area (Å²) in [4.78, 5) is 38.2. The standard InChI is InChI=1S/C31H29F3N4O2/c1-2-3-11-35-30(40)28-18-37-27(17-38-28)23-14-22-21(12-19-7-5-4-6-8-19)24(29(39)13-20-9-10-20)16-36-26(22)15-25(23)31(32,33)34/h4-8,14-18,20H,2-3,9-13H2,1H3,(H,35,40). The van der Waals surface area contributed by atoms with Gasteiger partial charge < -0.3 is 5.32 Å². The molecule has 6 nitrogen and oxygen atoms in total. The van der Waals surface area contributed by atoms with Crippen molar-refractivity contribution >= 4 is 22.6 Å². The van der Waals surface area contributed by atoms with Crippen molar-refractivity contribution in [2.75, 3.05) is 6.54 Å². The predicted molar refractivity (Wildman–Crippen MR) is 146 cm³/mol. The Kier molecular flexibility index (Phi) is 7.91. The molecule has 2 heterocycles. The lowest BCUT2D eigenvalue weighted by molar-refractivity contribution is -0.137. The highest BCUT2D eigenvalue weighted by Crippen LogP contribution is 2.40. The largest absolute Gasteiger partial charge is 0.417 e. The van der Waals surface area contributed by atoms with Crippen molar-refractivity contribution in [2.24, 2.45) is 5.92 Å². The number of halogens is 3. The van der Waals surface area contributed by atoms with E-state index in [-0.39, 0.29) is 28.3 Å². The van der Waals surface area contributed by atoms with E-state index in [1.807, 2.05) is 37.3 Å². The molecule has 0 atom stereocenters. The second kappa shape index (κ2) is 11.5. The zero-order chi connectivity index (χ0) is 28.3. The lowest BCUT2D eigenvalue weighted by Gasteiger charge is -2.17. The van der Waals surface area contributed by atoms with Crippen LogP contribution in [0, 0.1) is 5.92 Å². The number of carbonyl (C=O) groups excluding carboxylic acids is 2. The fourth-order valence-electron chi connectivity index (χ4n) is 4.72. The summed E-state index contributed by atoms with van der Waals surface area (Å²) >= 11 is 0. The van der Waals surface area contributed by atoms with Gasteiger partial charge in [-0.05, 0) is 54.9 Å². The Bertz CT molecular complexity index is 1530. The third-order valence-electron chi connectivity index (χ3n) is 7.10. The van der Waals surface area contributed by atoms with Crippen LogP contribution >= 0.6 is 0 Å². The molecule has 1 saturated carbocycles. The van der Waals surface area contributed by atoms with Crippen LogP contribution in [0.4, 0.5) is 13.2 Å². The minimum atomic E-state index is -4.69. The highest BCUT2D eigenvalue weighted by atomic mass is 19.4. The number of aromatic nitrogens is 3. The van der Waals surface area contributed by atoms with Crippen LogP contribution in [0.1, 0.15) is 76.6 Å². The minimum absolute atomic E-state index is 0.0218. The first-order valence-electron chi connectivity index (χ1n) is 13.4. The number of nitrogens with one attached hydrogen (secondary N) is 1. The molecular weight excluding hydrogens is 517 g/mol. The Labute approximate surface area is 230 Å². The van der Waals surface area contributed by atoms with Crippen LogP contribution in [-0.4, -0.2) is 33.2 Å². The van der Waals surface area contributed by atoms with E-state index in [0.29, 0.717) is 41.8 Å². The van der Waals surface area contributed by atoms with Crippen LogP contribution in [-0.2, 0) is 12.6 Å². The van der Waals surface area contributed by atoms with Crippen molar-refractivity contribution in [3.63, 3.8) is 0 Å². The van der Waals surface area contributed by atoms with Gasteiger partial charge in [-0.1, -0.05) is 43.7 Å². The number of hydrogen-bond donors (Lipinski definition) is 1. The quantitative estimate of drug-likeness (QED) is 0.174. The lowest BCUT2D eigenvalue weighted by Crippen LogP contribution is -2.25. The summed E-state index contributed by atoms with van der Waals surface area (Å²) in [7, 11) is 0. The van der Waals surface area contributed by atoms with Crippen molar-refractivity contribution in [3.8, 4) is 11.3 Å². The number of fused-ring (bicyclic) bond motifs is 1. The summed E-state index contributed by atoms with van der Waals surface area (Å²) in [6.45, 7) is 2.47. The normalized spacial score (nSPS) is 13.4. The maximum absolute atomic E-state index is 14.3. The highest BCUT2D eigenvalue weighted by Gasteiger charge is 2.35. The first kappa shape index (κ1) is 27.4. The number of hydrogen-bond acceptors (Lipinski definition) is 5. The van der Waals surface area contributed by atoms with Crippen LogP contribution in [0.25, 0.3) is 22.2 Å². The SMILES string of the molecule is CCCCNC(=O)c1cnc(-c2cc3c(Cc4ccccc4)c(C(=O)CC4CC4)cnc3cc2C(F)(F)F)cn1. The van der Waals surface area contributed by atoms with E-state index in [1.54, 1.807) is 0 Å². The van der Waals surface area contributed by atoms with Crippen LogP contribution in [0.3, 0.4) is 0 Å². The number of rotatable bonds is 10. The average Bonchev–Trinajstić information content (AvgIpc) is 3.77. The molecule has 1 aliphatic rings. The van der Waals surface area contributed by atoms with E-state index in [2.05, 4.69) is 20.3 Å². The van der Waals surface area contributed by atoms with E-state index in [9.17, 15) is 22.8 Å². The molecule has 1 N–H and O–H groups in total. The summed E-state index contributed by atoms with van der Waals surface area (Å²) in [5.41, 5.74) is 1.03. The number of nitrogens with zero attached hydrogens (tertiary/aromatic N) is 3. The smallest absolute Gasteiger partial charge is 0.351 e. The van der Waals surface area contributed by atoms with Gasteiger partial charge in [0.2, 0.25) is 0 Å². The number of benzene rings is 2. The molecule has 0 bridgehead atoms. The number of amides is 1. The van der Waals surface area contributed by atoms with Gasteiger partial charge in [-0.3, -0.25) is 19.6 Å². The maximum atomic E-state index is 14.3. The lowest BCUT2D eigenvalue weighted by atomic mass is 9.91. The van der Waals surface area contributed by atoms with E-state index < -0.39 is 17.6 Å². The van der Waals surface area contributed by atoms with E-state index in [0.717, 1.165) is 37.3 Å². The topological polar surface area (TPSA) is 84.8 Å². The number of alkyl halides is 3. The number of Topliss-reactive ketones (excluding diaryl/α,β-unsaturated/α-hetero) is 1. The van der Waals surface area contributed by atoms with Gasteiger partial charge in [0.1, 0.15) is 5.69 Å². The first-order valence-corrected chi connectivity index (χ1v) is 13.4. The Morgan fingerprint density at radius 2 is 1.77 bits per heavy atom. The molecule has 1 amide bonds. The van der Waals surface area contributed by atoms with Gasteiger partial charge >= 0.3 is 6.18 Å². The summed E-state index contributed by atoms with van der Waals surface area (Å²) in [5.74, 6) is -0.137. The van der Waals surface area contributed by atoms with Crippen molar-refractivity contribution < 1.29 is 22.8 Å². The number of pyridine rings is 1. The van der Waals surface area contributed by atoms with Gasteiger partial charge in [-0.15, -0.1) is 0 Å². The van der Waals surface area contributed by atoms with Crippen LogP contribution < -0.4 is 5.32 Å². The summed E-state index contributed by atoms with van der Waals surface area (Å²) < 4.78 is 42.8.